The van der Waals surface area contributed by atoms with Crippen molar-refractivity contribution in [2.75, 3.05) is 13.7 Å². The third-order valence-corrected chi connectivity index (χ3v) is 4.15. The normalized spacial score (nSPS) is 11.1. The quantitative estimate of drug-likeness (QED) is 0.791. The smallest absolute Gasteiger partial charge is 0.230 e. The summed E-state index contributed by atoms with van der Waals surface area (Å²) in [6.45, 7) is 4.58. The molecule has 1 amide bonds. The van der Waals surface area contributed by atoms with Gasteiger partial charge >= 0.3 is 0 Å². The van der Waals surface area contributed by atoms with Gasteiger partial charge in [0.15, 0.2) is 0 Å². The van der Waals surface area contributed by atoms with E-state index < -0.39 is 5.41 Å². The van der Waals surface area contributed by atoms with Gasteiger partial charge in [0.2, 0.25) is 5.91 Å². The van der Waals surface area contributed by atoms with Crippen LogP contribution in [-0.4, -0.2) is 19.6 Å². The van der Waals surface area contributed by atoms with Gasteiger partial charge in [-0.1, -0.05) is 42.5 Å². The highest BCUT2D eigenvalue weighted by Crippen LogP contribution is 2.25. The molecule has 0 aliphatic heterocycles. The fraction of sp³-hybridized carbons (Fsp3) is 0.350. The molecule has 0 spiro atoms. The van der Waals surface area contributed by atoms with E-state index in [1.165, 1.54) is 5.56 Å². The van der Waals surface area contributed by atoms with Crippen LogP contribution in [0.15, 0.2) is 54.6 Å². The second kappa shape index (κ2) is 7.82. The molecule has 3 nitrogen and oxygen atoms in total. The summed E-state index contributed by atoms with van der Waals surface area (Å²) in [4.78, 5) is 12.5. The van der Waals surface area contributed by atoms with Crippen LogP contribution in [0.4, 0.5) is 0 Å². The summed E-state index contributed by atoms with van der Waals surface area (Å²) >= 11 is 0. The fourth-order valence-electron chi connectivity index (χ4n) is 2.50. The summed E-state index contributed by atoms with van der Waals surface area (Å²) in [6.07, 6.45) is 1.92. The van der Waals surface area contributed by atoms with Crippen LogP contribution in [0.2, 0.25) is 0 Å². The van der Waals surface area contributed by atoms with Crippen molar-refractivity contribution in [1.29, 1.82) is 0 Å². The predicted molar refractivity (Wildman–Crippen MR) is 93.8 cm³/mol. The molecule has 0 aliphatic carbocycles. The van der Waals surface area contributed by atoms with Gasteiger partial charge in [0.05, 0.1) is 12.5 Å². The second-order valence-corrected chi connectivity index (χ2v) is 6.20. The van der Waals surface area contributed by atoms with Crippen LogP contribution in [-0.2, 0) is 16.6 Å². The molecule has 3 heteroatoms. The SMILES string of the molecule is COc1ccc(C(C)(C)C(=O)NCCCc2ccccc2)cc1. The first-order chi connectivity index (χ1) is 11.0. The molecule has 0 heterocycles. The summed E-state index contributed by atoms with van der Waals surface area (Å²) in [5, 5.41) is 3.05. The van der Waals surface area contributed by atoms with E-state index in [1.807, 2.05) is 56.3 Å². The first-order valence-electron chi connectivity index (χ1n) is 8.01. The molecule has 2 aromatic carbocycles. The van der Waals surface area contributed by atoms with Crippen molar-refractivity contribution < 1.29 is 9.53 Å². The van der Waals surface area contributed by atoms with Gasteiger partial charge in [-0.3, -0.25) is 4.79 Å². The van der Waals surface area contributed by atoms with Gasteiger partial charge in [0.1, 0.15) is 5.75 Å². The van der Waals surface area contributed by atoms with E-state index in [1.54, 1.807) is 7.11 Å². The maximum atomic E-state index is 12.5. The molecule has 2 rings (SSSR count). The molecule has 0 aliphatic rings. The number of amides is 1. The number of hydrogen-bond acceptors (Lipinski definition) is 2. The Morgan fingerprint density at radius 1 is 1.04 bits per heavy atom. The molecule has 1 N–H and O–H groups in total. The van der Waals surface area contributed by atoms with Crippen LogP contribution in [0, 0.1) is 0 Å². The third kappa shape index (κ3) is 4.59. The number of carbonyl (C=O) groups excluding carboxylic acids is 1. The first-order valence-corrected chi connectivity index (χ1v) is 8.01. The number of nitrogens with one attached hydrogen (secondary N) is 1. The molecular formula is C20H25NO2. The molecule has 2 aromatic rings. The number of carbonyl (C=O) groups is 1. The summed E-state index contributed by atoms with van der Waals surface area (Å²) in [6, 6.07) is 18.0. The Morgan fingerprint density at radius 3 is 2.30 bits per heavy atom. The Morgan fingerprint density at radius 2 is 1.70 bits per heavy atom. The zero-order valence-electron chi connectivity index (χ0n) is 14.1. The Bertz CT molecular complexity index is 618. The van der Waals surface area contributed by atoms with Crippen molar-refractivity contribution in [3.8, 4) is 5.75 Å². The molecule has 23 heavy (non-hydrogen) atoms. The topological polar surface area (TPSA) is 38.3 Å². The van der Waals surface area contributed by atoms with Gasteiger partial charge in [-0.05, 0) is 49.9 Å². The van der Waals surface area contributed by atoms with E-state index in [-0.39, 0.29) is 5.91 Å². The lowest BCUT2D eigenvalue weighted by Gasteiger charge is -2.24. The van der Waals surface area contributed by atoms with Gasteiger partial charge in [-0.2, -0.15) is 0 Å². The van der Waals surface area contributed by atoms with Crippen molar-refractivity contribution in [2.24, 2.45) is 0 Å². The number of benzene rings is 2. The number of aryl methyl sites for hydroxylation is 1. The highest BCUT2D eigenvalue weighted by atomic mass is 16.5. The third-order valence-electron chi connectivity index (χ3n) is 4.15. The molecule has 0 radical (unpaired) electrons. The molecule has 122 valence electrons. The Hall–Kier alpha value is -2.29. The average molecular weight is 311 g/mol. The minimum atomic E-state index is -0.557. The van der Waals surface area contributed by atoms with E-state index in [9.17, 15) is 4.79 Å². The fourth-order valence-corrected chi connectivity index (χ4v) is 2.50. The van der Waals surface area contributed by atoms with Crippen molar-refractivity contribution in [3.05, 3.63) is 65.7 Å². The first kappa shape index (κ1) is 17.1. The van der Waals surface area contributed by atoms with Crippen molar-refractivity contribution in [2.45, 2.75) is 32.1 Å². The Labute approximate surface area is 138 Å². The van der Waals surface area contributed by atoms with Crippen LogP contribution in [0.5, 0.6) is 5.75 Å². The van der Waals surface area contributed by atoms with Gasteiger partial charge in [-0.15, -0.1) is 0 Å². The molecule has 0 saturated carbocycles. The zero-order valence-corrected chi connectivity index (χ0v) is 14.1. The van der Waals surface area contributed by atoms with Crippen molar-refractivity contribution in [3.63, 3.8) is 0 Å². The number of methoxy groups -OCH3 is 1. The van der Waals surface area contributed by atoms with Crippen LogP contribution < -0.4 is 10.1 Å². The molecule has 0 aromatic heterocycles. The average Bonchev–Trinajstić information content (AvgIpc) is 2.59. The summed E-state index contributed by atoms with van der Waals surface area (Å²) in [5.74, 6) is 0.851. The lowest BCUT2D eigenvalue weighted by atomic mass is 9.83. The molecular weight excluding hydrogens is 286 g/mol. The predicted octanol–water partition coefficient (Wildman–Crippen LogP) is 3.72. The van der Waals surface area contributed by atoms with E-state index in [2.05, 4.69) is 17.4 Å². The number of ether oxygens (including phenoxy) is 1. The Kier molecular flexibility index (Phi) is 5.80. The van der Waals surface area contributed by atoms with Crippen LogP contribution in [0.3, 0.4) is 0 Å². The van der Waals surface area contributed by atoms with Gasteiger partial charge in [0, 0.05) is 6.54 Å². The molecule has 0 unspecified atom stereocenters. The highest BCUT2D eigenvalue weighted by Gasteiger charge is 2.29. The van der Waals surface area contributed by atoms with Gasteiger partial charge < -0.3 is 10.1 Å². The zero-order chi connectivity index (χ0) is 16.7. The monoisotopic (exact) mass is 311 g/mol. The molecule has 0 bridgehead atoms. The van der Waals surface area contributed by atoms with Crippen LogP contribution in [0.25, 0.3) is 0 Å². The number of rotatable bonds is 7. The van der Waals surface area contributed by atoms with Crippen LogP contribution >= 0.6 is 0 Å². The second-order valence-electron chi connectivity index (χ2n) is 6.20. The van der Waals surface area contributed by atoms with Crippen molar-refractivity contribution >= 4 is 5.91 Å². The van der Waals surface area contributed by atoms with Gasteiger partial charge in [-0.25, -0.2) is 0 Å². The summed E-state index contributed by atoms with van der Waals surface area (Å²) < 4.78 is 5.16. The molecule has 0 fully saturated rings. The summed E-state index contributed by atoms with van der Waals surface area (Å²) in [5.41, 5.74) is 1.73. The van der Waals surface area contributed by atoms with E-state index in [0.29, 0.717) is 6.54 Å². The van der Waals surface area contributed by atoms with Gasteiger partial charge in [0.25, 0.3) is 0 Å². The van der Waals surface area contributed by atoms with E-state index in [4.69, 9.17) is 4.74 Å². The number of hydrogen-bond donors (Lipinski definition) is 1. The molecule has 0 atom stereocenters. The lowest BCUT2D eigenvalue weighted by molar-refractivity contribution is -0.125. The van der Waals surface area contributed by atoms with Crippen LogP contribution in [0.1, 0.15) is 31.4 Å². The largest absolute Gasteiger partial charge is 0.497 e. The minimum absolute atomic E-state index is 0.0516. The maximum Gasteiger partial charge on any atom is 0.230 e. The van der Waals surface area contributed by atoms with E-state index >= 15 is 0 Å². The van der Waals surface area contributed by atoms with Crippen molar-refractivity contribution in [1.82, 2.24) is 5.32 Å². The molecule has 0 saturated heterocycles. The standard InChI is InChI=1S/C20H25NO2/c1-20(2,17-11-13-18(23-3)14-12-17)19(22)21-15-7-10-16-8-5-4-6-9-16/h4-6,8-9,11-14H,7,10,15H2,1-3H3,(H,21,22). The summed E-state index contributed by atoms with van der Waals surface area (Å²) in [7, 11) is 1.64. The minimum Gasteiger partial charge on any atom is -0.497 e. The maximum absolute atomic E-state index is 12.5. The lowest BCUT2D eigenvalue weighted by Crippen LogP contribution is -2.40. The highest BCUT2D eigenvalue weighted by molar-refractivity contribution is 5.87. The van der Waals surface area contributed by atoms with E-state index in [0.717, 1.165) is 24.2 Å². The Balaban J connectivity index is 1.85.